The zero-order valence-electron chi connectivity index (χ0n) is 11.3. The highest BCUT2D eigenvalue weighted by molar-refractivity contribution is 6.02. The molecule has 7 nitrogen and oxygen atoms in total. The van der Waals surface area contributed by atoms with Gasteiger partial charge in [0.05, 0.1) is 12.0 Å². The van der Waals surface area contributed by atoms with Crippen LogP contribution in [-0.2, 0) is 11.2 Å². The van der Waals surface area contributed by atoms with Gasteiger partial charge in [-0.15, -0.1) is 0 Å². The molecule has 0 saturated heterocycles. The molecule has 21 heavy (non-hydrogen) atoms. The molecular weight excluding hydrogens is 274 g/mol. The summed E-state index contributed by atoms with van der Waals surface area (Å²) in [6.07, 6.45) is 3.23. The van der Waals surface area contributed by atoms with Gasteiger partial charge in [0, 0.05) is 30.0 Å². The predicted octanol–water partition coefficient (Wildman–Crippen LogP) is 1.33. The SMILES string of the molecule is C/C(=N\C(Cc1c[nH]cn1)C(=O)O)c1ccc(O)cc1O. The van der Waals surface area contributed by atoms with E-state index >= 15 is 0 Å². The maximum Gasteiger partial charge on any atom is 0.328 e. The lowest BCUT2D eigenvalue weighted by molar-refractivity contribution is -0.138. The third-order valence-corrected chi connectivity index (χ3v) is 2.96. The number of aliphatic carboxylic acids is 1. The van der Waals surface area contributed by atoms with Crippen LogP contribution in [0.1, 0.15) is 18.2 Å². The van der Waals surface area contributed by atoms with Gasteiger partial charge in [0.25, 0.3) is 0 Å². The number of phenols is 2. The number of carboxylic acid groups (broad SMARTS) is 1. The number of aliphatic imine (C=N–C) groups is 1. The van der Waals surface area contributed by atoms with E-state index in [1.807, 2.05) is 0 Å². The lowest BCUT2D eigenvalue weighted by Gasteiger charge is -2.09. The Morgan fingerprint density at radius 2 is 2.19 bits per heavy atom. The zero-order valence-corrected chi connectivity index (χ0v) is 11.3. The van der Waals surface area contributed by atoms with Crippen molar-refractivity contribution >= 4 is 11.7 Å². The molecule has 2 rings (SSSR count). The van der Waals surface area contributed by atoms with E-state index in [-0.39, 0.29) is 17.9 Å². The fourth-order valence-electron chi connectivity index (χ4n) is 1.92. The highest BCUT2D eigenvalue weighted by atomic mass is 16.4. The molecule has 0 saturated carbocycles. The van der Waals surface area contributed by atoms with Crippen molar-refractivity contribution in [1.82, 2.24) is 9.97 Å². The smallest absolute Gasteiger partial charge is 0.328 e. The lowest BCUT2D eigenvalue weighted by Crippen LogP contribution is -2.22. The van der Waals surface area contributed by atoms with Crippen LogP contribution in [0.25, 0.3) is 0 Å². The first-order chi connectivity index (χ1) is 9.97. The highest BCUT2D eigenvalue weighted by Gasteiger charge is 2.19. The van der Waals surface area contributed by atoms with Gasteiger partial charge in [0.15, 0.2) is 6.04 Å². The topological polar surface area (TPSA) is 119 Å². The monoisotopic (exact) mass is 289 g/mol. The first-order valence-electron chi connectivity index (χ1n) is 6.24. The predicted molar refractivity (Wildman–Crippen MR) is 75.7 cm³/mol. The fourth-order valence-corrected chi connectivity index (χ4v) is 1.92. The Morgan fingerprint density at radius 3 is 2.76 bits per heavy atom. The van der Waals surface area contributed by atoms with E-state index in [2.05, 4.69) is 15.0 Å². The van der Waals surface area contributed by atoms with Gasteiger partial charge in [-0.05, 0) is 19.1 Å². The molecule has 0 aliphatic heterocycles. The molecule has 1 aromatic carbocycles. The molecule has 0 aliphatic rings. The van der Waals surface area contributed by atoms with Crippen LogP contribution in [0.4, 0.5) is 0 Å². The minimum absolute atomic E-state index is 0.0737. The van der Waals surface area contributed by atoms with E-state index in [1.54, 1.807) is 13.1 Å². The van der Waals surface area contributed by atoms with Crippen molar-refractivity contribution in [2.24, 2.45) is 4.99 Å². The molecule has 1 unspecified atom stereocenters. The second-order valence-electron chi connectivity index (χ2n) is 4.53. The van der Waals surface area contributed by atoms with Gasteiger partial charge >= 0.3 is 5.97 Å². The summed E-state index contributed by atoms with van der Waals surface area (Å²) in [4.78, 5) is 22.1. The zero-order chi connectivity index (χ0) is 15.4. The number of imidazole rings is 1. The Hall–Kier alpha value is -2.83. The second kappa shape index (κ2) is 6.08. The minimum Gasteiger partial charge on any atom is -0.508 e. The Balaban J connectivity index is 2.26. The molecule has 1 atom stereocenters. The van der Waals surface area contributed by atoms with Crippen molar-refractivity contribution in [2.45, 2.75) is 19.4 Å². The molecule has 7 heteroatoms. The maximum atomic E-state index is 11.3. The molecule has 0 fully saturated rings. The summed E-state index contributed by atoms with van der Waals surface area (Å²) >= 11 is 0. The maximum absolute atomic E-state index is 11.3. The number of carboxylic acids is 1. The quantitative estimate of drug-likeness (QED) is 0.619. The van der Waals surface area contributed by atoms with Crippen LogP contribution in [-0.4, -0.2) is 43.0 Å². The van der Waals surface area contributed by atoms with Crippen LogP contribution < -0.4 is 0 Å². The first-order valence-corrected chi connectivity index (χ1v) is 6.24. The van der Waals surface area contributed by atoms with Gasteiger partial charge < -0.3 is 20.3 Å². The molecule has 0 spiro atoms. The van der Waals surface area contributed by atoms with E-state index < -0.39 is 12.0 Å². The van der Waals surface area contributed by atoms with Crippen molar-refractivity contribution in [3.8, 4) is 11.5 Å². The van der Waals surface area contributed by atoms with E-state index in [4.69, 9.17) is 0 Å². The largest absolute Gasteiger partial charge is 0.508 e. The molecule has 0 radical (unpaired) electrons. The Morgan fingerprint density at radius 1 is 1.43 bits per heavy atom. The number of carbonyl (C=O) groups is 1. The minimum atomic E-state index is -1.07. The van der Waals surface area contributed by atoms with Gasteiger partial charge in [0.1, 0.15) is 11.5 Å². The Bertz CT molecular complexity index is 665. The van der Waals surface area contributed by atoms with E-state index in [1.165, 1.54) is 24.5 Å². The number of benzene rings is 1. The van der Waals surface area contributed by atoms with E-state index in [0.717, 1.165) is 0 Å². The van der Waals surface area contributed by atoms with Crippen LogP contribution in [0.5, 0.6) is 11.5 Å². The standard InChI is InChI=1S/C14H15N3O4/c1-8(11-3-2-10(18)5-13(11)19)17-12(14(20)21)4-9-6-15-7-16-9/h2-3,5-7,12,18-19H,4H2,1H3,(H,15,16)(H,20,21)/b17-8+. The van der Waals surface area contributed by atoms with Gasteiger partial charge in [-0.25, -0.2) is 9.78 Å². The molecule has 0 aliphatic carbocycles. The number of nitrogens with one attached hydrogen (secondary N) is 1. The molecule has 0 amide bonds. The van der Waals surface area contributed by atoms with Gasteiger partial charge in [-0.1, -0.05) is 0 Å². The molecule has 110 valence electrons. The number of hydrogen-bond acceptors (Lipinski definition) is 5. The number of hydrogen-bond donors (Lipinski definition) is 4. The van der Waals surface area contributed by atoms with E-state index in [0.29, 0.717) is 17.0 Å². The molecule has 4 N–H and O–H groups in total. The fraction of sp³-hybridized carbons (Fsp3) is 0.214. The molecular formula is C14H15N3O4. The third kappa shape index (κ3) is 3.59. The second-order valence-corrected chi connectivity index (χ2v) is 4.53. The van der Waals surface area contributed by atoms with Crippen LogP contribution in [0.2, 0.25) is 0 Å². The highest BCUT2D eigenvalue weighted by Crippen LogP contribution is 2.23. The number of H-pyrrole nitrogens is 1. The summed E-state index contributed by atoms with van der Waals surface area (Å²) < 4.78 is 0. The van der Waals surface area contributed by atoms with Crippen molar-refractivity contribution in [2.75, 3.05) is 0 Å². The summed E-state index contributed by atoms with van der Waals surface area (Å²) in [5, 5.41) is 28.3. The molecule has 1 heterocycles. The number of phenolic OH excluding ortho intramolecular Hbond substituents is 2. The first kappa shape index (κ1) is 14.6. The van der Waals surface area contributed by atoms with Gasteiger partial charge in [0.2, 0.25) is 0 Å². The molecule has 1 aromatic heterocycles. The number of nitrogens with zero attached hydrogens (tertiary/aromatic N) is 2. The average molecular weight is 289 g/mol. The molecule has 2 aromatic rings. The number of aromatic amines is 1. The van der Waals surface area contributed by atoms with Crippen molar-refractivity contribution in [3.63, 3.8) is 0 Å². The summed E-state index contributed by atoms with van der Waals surface area (Å²) in [5.41, 5.74) is 1.34. The van der Waals surface area contributed by atoms with Crippen LogP contribution in [0, 0.1) is 0 Å². The normalized spacial score (nSPS) is 13.1. The van der Waals surface area contributed by atoms with Gasteiger partial charge in [-0.2, -0.15) is 0 Å². The van der Waals surface area contributed by atoms with Crippen molar-refractivity contribution in [1.29, 1.82) is 0 Å². The Kier molecular flexibility index (Phi) is 4.22. The number of aromatic nitrogens is 2. The summed E-state index contributed by atoms with van der Waals surface area (Å²) in [5.74, 6) is -1.30. The summed E-state index contributed by atoms with van der Waals surface area (Å²) in [7, 11) is 0. The van der Waals surface area contributed by atoms with Crippen LogP contribution >= 0.6 is 0 Å². The lowest BCUT2D eigenvalue weighted by atomic mass is 10.1. The van der Waals surface area contributed by atoms with Gasteiger partial charge in [-0.3, -0.25) is 4.99 Å². The Labute approximate surface area is 120 Å². The average Bonchev–Trinajstić information content (AvgIpc) is 2.90. The van der Waals surface area contributed by atoms with E-state index in [9.17, 15) is 20.1 Å². The number of aromatic hydroxyl groups is 2. The summed E-state index contributed by atoms with van der Waals surface area (Å²) in [6, 6.07) is 3.06. The van der Waals surface area contributed by atoms with Crippen LogP contribution in [0.15, 0.2) is 35.7 Å². The van der Waals surface area contributed by atoms with Crippen molar-refractivity contribution in [3.05, 3.63) is 42.0 Å². The summed E-state index contributed by atoms with van der Waals surface area (Å²) in [6.45, 7) is 1.60. The van der Waals surface area contributed by atoms with Crippen LogP contribution in [0.3, 0.4) is 0 Å². The number of rotatable bonds is 5. The third-order valence-electron chi connectivity index (χ3n) is 2.96. The van der Waals surface area contributed by atoms with Crippen molar-refractivity contribution < 1.29 is 20.1 Å². The molecule has 0 bridgehead atoms.